The summed E-state index contributed by atoms with van der Waals surface area (Å²) < 4.78 is 10.6. The van der Waals surface area contributed by atoms with Gasteiger partial charge in [-0.1, -0.05) is 12.2 Å². The first-order valence-electron chi connectivity index (χ1n) is 4.67. The van der Waals surface area contributed by atoms with Crippen molar-refractivity contribution in [1.82, 2.24) is 0 Å². The van der Waals surface area contributed by atoms with Crippen LogP contribution in [-0.2, 0) is 9.47 Å². The monoisotopic (exact) mass is 196 g/mol. The lowest BCUT2D eigenvalue weighted by atomic mass is 10.1. The molecule has 0 aliphatic carbocycles. The van der Waals surface area contributed by atoms with Crippen molar-refractivity contribution in [3.8, 4) is 0 Å². The van der Waals surface area contributed by atoms with Crippen LogP contribution in [0.25, 0.3) is 0 Å². The van der Waals surface area contributed by atoms with E-state index in [1.807, 2.05) is 39.8 Å². The van der Waals surface area contributed by atoms with E-state index < -0.39 is 0 Å². The first-order chi connectivity index (χ1) is 6.58. The van der Waals surface area contributed by atoms with E-state index in [1.165, 1.54) is 0 Å². The molecule has 0 aromatic heterocycles. The van der Waals surface area contributed by atoms with Crippen LogP contribution in [0.1, 0.15) is 27.7 Å². The zero-order valence-electron chi connectivity index (χ0n) is 9.97. The molecule has 0 N–H and O–H groups in total. The number of ether oxygens (including phenoxy) is 2. The van der Waals surface area contributed by atoms with Gasteiger partial charge in [-0.25, -0.2) is 0 Å². The molecule has 0 bridgehead atoms. The average Bonchev–Trinajstić information content (AvgIpc) is 2.13. The third kappa shape index (κ3) is 3.29. The Bertz CT molecular complexity index is 266. The summed E-state index contributed by atoms with van der Waals surface area (Å²) in [6.45, 7) is 7.98. The van der Waals surface area contributed by atoms with Crippen molar-refractivity contribution in [1.29, 1.82) is 0 Å². The Morgan fingerprint density at radius 3 is 1.71 bits per heavy atom. The Morgan fingerprint density at radius 2 is 1.43 bits per heavy atom. The number of rotatable bonds is 4. The predicted molar refractivity (Wildman–Crippen MR) is 59.9 cm³/mol. The summed E-state index contributed by atoms with van der Waals surface area (Å²) in [6.07, 6.45) is 3.98. The van der Waals surface area contributed by atoms with E-state index in [0.717, 1.165) is 22.7 Å². The summed E-state index contributed by atoms with van der Waals surface area (Å²) in [6, 6.07) is 0. The maximum Gasteiger partial charge on any atom is 0.163 e. The molecule has 2 heteroatoms. The fourth-order valence-corrected chi connectivity index (χ4v) is 1.28. The van der Waals surface area contributed by atoms with Crippen LogP contribution in [-0.4, -0.2) is 14.2 Å². The van der Waals surface area contributed by atoms with Crippen LogP contribution in [0.3, 0.4) is 0 Å². The lowest BCUT2D eigenvalue weighted by molar-refractivity contribution is 0.215. The van der Waals surface area contributed by atoms with Crippen molar-refractivity contribution in [2.45, 2.75) is 27.7 Å². The van der Waals surface area contributed by atoms with Gasteiger partial charge in [-0.2, -0.15) is 0 Å². The second kappa shape index (κ2) is 6.30. The highest BCUT2D eigenvalue weighted by atomic mass is 16.5. The van der Waals surface area contributed by atoms with E-state index in [1.54, 1.807) is 14.2 Å². The maximum absolute atomic E-state index is 5.32. The van der Waals surface area contributed by atoms with Crippen molar-refractivity contribution >= 4 is 0 Å². The molecule has 0 rings (SSSR count). The highest BCUT2D eigenvalue weighted by Crippen LogP contribution is 2.20. The molecule has 0 aromatic rings. The molecular weight excluding hydrogens is 176 g/mol. The Kier molecular flexibility index (Phi) is 5.77. The summed E-state index contributed by atoms with van der Waals surface area (Å²) in [5, 5.41) is 0. The van der Waals surface area contributed by atoms with Crippen LogP contribution < -0.4 is 0 Å². The number of hydrogen-bond acceptors (Lipinski definition) is 2. The zero-order valence-corrected chi connectivity index (χ0v) is 9.97. The average molecular weight is 196 g/mol. The van der Waals surface area contributed by atoms with Crippen LogP contribution in [0, 0.1) is 0 Å². The molecule has 80 valence electrons. The van der Waals surface area contributed by atoms with Crippen LogP contribution >= 0.6 is 0 Å². The standard InChI is InChI=1S/C12H20O2/c1-7-8-10(4)12(14-6)11(13-5)9(2)3/h7-8H,1-6H3/b8-7+,12-10-. The fourth-order valence-electron chi connectivity index (χ4n) is 1.28. The molecule has 0 amide bonds. The molecule has 0 atom stereocenters. The Hall–Kier alpha value is -1.18. The van der Waals surface area contributed by atoms with Crippen molar-refractivity contribution in [2.75, 3.05) is 14.2 Å². The van der Waals surface area contributed by atoms with E-state index >= 15 is 0 Å². The molecule has 0 spiro atoms. The molecule has 2 nitrogen and oxygen atoms in total. The van der Waals surface area contributed by atoms with E-state index in [2.05, 4.69) is 0 Å². The summed E-state index contributed by atoms with van der Waals surface area (Å²) in [5.74, 6) is 1.61. The summed E-state index contributed by atoms with van der Waals surface area (Å²) >= 11 is 0. The van der Waals surface area contributed by atoms with Gasteiger partial charge in [0.15, 0.2) is 11.5 Å². The van der Waals surface area contributed by atoms with Crippen LogP contribution in [0.4, 0.5) is 0 Å². The lowest BCUT2D eigenvalue weighted by Crippen LogP contribution is -2.00. The first kappa shape index (κ1) is 12.8. The molecule has 0 aliphatic rings. The third-order valence-corrected chi connectivity index (χ3v) is 1.84. The van der Waals surface area contributed by atoms with Gasteiger partial charge in [0.05, 0.1) is 14.2 Å². The largest absolute Gasteiger partial charge is 0.493 e. The molecule has 0 fully saturated rings. The fraction of sp³-hybridized carbons (Fsp3) is 0.500. The van der Waals surface area contributed by atoms with Crippen molar-refractivity contribution in [3.05, 3.63) is 34.8 Å². The van der Waals surface area contributed by atoms with Gasteiger partial charge in [-0.05, 0) is 38.8 Å². The summed E-state index contributed by atoms with van der Waals surface area (Å²) in [5.41, 5.74) is 2.17. The predicted octanol–water partition coefficient (Wildman–Crippen LogP) is 3.42. The minimum absolute atomic E-state index is 0.797. The lowest BCUT2D eigenvalue weighted by Gasteiger charge is -2.13. The van der Waals surface area contributed by atoms with E-state index in [4.69, 9.17) is 9.47 Å². The highest BCUT2D eigenvalue weighted by Gasteiger charge is 2.09. The zero-order chi connectivity index (χ0) is 11.1. The third-order valence-electron chi connectivity index (χ3n) is 1.84. The molecule has 0 heterocycles. The first-order valence-corrected chi connectivity index (χ1v) is 4.67. The minimum Gasteiger partial charge on any atom is -0.493 e. The minimum atomic E-state index is 0.797. The maximum atomic E-state index is 5.32. The van der Waals surface area contributed by atoms with Crippen molar-refractivity contribution in [3.63, 3.8) is 0 Å². The van der Waals surface area contributed by atoms with Gasteiger partial charge in [0.2, 0.25) is 0 Å². The quantitative estimate of drug-likeness (QED) is 0.506. The van der Waals surface area contributed by atoms with Gasteiger partial charge in [0.25, 0.3) is 0 Å². The van der Waals surface area contributed by atoms with Crippen LogP contribution in [0.15, 0.2) is 34.8 Å². The molecule has 0 saturated heterocycles. The molecule has 0 aromatic carbocycles. The highest BCUT2D eigenvalue weighted by molar-refractivity contribution is 5.33. The van der Waals surface area contributed by atoms with E-state index in [9.17, 15) is 0 Å². The second-order valence-electron chi connectivity index (χ2n) is 3.25. The van der Waals surface area contributed by atoms with Gasteiger partial charge >= 0.3 is 0 Å². The number of allylic oxidation sites excluding steroid dienone is 4. The van der Waals surface area contributed by atoms with Crippen LogP contribution in [0.2, 0.25) is 0 Å². The normalized spacial score (nSPS) is 12.4. The number of methoxy groups -OCH3 is 2. The van der Waals surface area contributed by atoms with Gasteiger partial charge in [0.1, 0.15) is 0 Å². The Balaban J connectivity index is 5.26. The SMILES string of the molecule is C/C=C/C(C)=C(\OC)C(OC)=C(C)C. The molecule has 14 heavy (non-hydrogen) atoms. The summed E-state index contributed by atoms with van der Waals surface area (Å²) in [4.78, 5) is 0. The van der Waals surface area contributed by atoms with Gasteiger partial charge in [-0.15, -0.1) is 0 Å². The molecule has 0 saturated carbocycles. The van der Waals surface area contributed by atoms with E-state index in [-0.39, 0.29) is 0 Å². The Labute approximate surface area is 86.9 Å². The molecular formula is C12H20O2. The number of hydrogen-bond donors (Lipinski definition) is 0. The van der Waals surface area contributed by atoms with E-state index in [0.29, 0.717) is 0 Å². The van der Waals surface area contributed by atoms with Crippen molar-refractivity contribution in [2.24, 2.45) is 0 Å². The van der Waals surface area contributed by atoms with Gasteiger partial charge in [0, 0.05) is 0 Å². The molecule has 0 aliphatic heterocycles. The van der Waals surface area contributed by atoms with Crippen LogP contribution in [0.5, 0.6) is 0 Å². The molecule has 0 unspecified atom stereocenters. The topological polar surface area (TPSA) is 18.5 Å². The Morgan fingerprint density at radius 1 is 0.929 bits per heavy atom. The summed E-state index contributed by atoms with van der Waals surface area (Å²) in [7, 11) is 3.31. The molecule has 0 radical (unpaired) electrons. The smallest absolute Gasteiger partial charge is 0.163 e. The second-order valence-corrected chi connectivity index (χ2v) is 3.25. The van der Waals surface area contributed by atoms with Crippen molar-refractivity contribution < 1.29 is 9.47 Å². The van der Waals surface area contributed by atoms with Gasteiger partial charge < -0.3 is 9.47 Å². The van der Waals surface area contributed by atoms with Gasteiger partial charge in [-0.3, -0.25) is 0 Å².